The predicted octanol–water partition coefficient (Wildman–Crippen LogP) is 2.49. The first-order valence-corrected chi connectivity index (χ1v) is 8.64. The van der Waals surface area contributed by atoms with E-state index in [1.54, 1.807) is 6.92 Å². The van der Waals surface area contributed by atoms with Gasteiger partial charge in [0.2, 0.25) is 0 Å². The highest BCUT2D eigenvalue weighted by molar-refractivity contribution is 6.33. The molecular weight excluding hydrogens is 378 g/mol. The number of ether oxygens (including phenoxy) is 2. The Bertz CT molecular complexity index is 787. The number of carbonyl (C=O) groups is 1. The predicted molar refractivity (Wildman–Crippen MR) is 100 cm³/mol. The zero-order chi connectivity index (χ0) is 20.0. The van der Waals surface area contributed by atoms with Gasteiger partial charge in [0.05, 0.1) is 28.9 Å². The number of esters is 1. The van der Waals surface area contributed by atoms with Crippen LogP contribution in [-0.2, 0) is 14.3 Å². The summed E-state index contributed by atoms with van der Waals surface area (Å²) in [5.74, 6) is -1.37. The Morgan fingerprint density at radius 3 is 2.89 bits per heavy atom. The van der Waals surface area contributed by atoms with Crippen molar-refractivity contribution >= 4 is 34.7 Å². The first-order valence-electron chi connectivity index (χ1n) is 8.26. The van der Waals surface area contributed by atoms with Crippen molar-refractivity contribution in [3.05, 3.63) is 44.5 Å². The van der Waals surface area contributed by atoms with Crippen LogP contribution in [0.5, 0.6) is 0 Å². The lowest BCUT2D eigenvalue weighted by Gasteiger charge is -2.21. The number of carbonyl (C=O) groups excluding carboxylic acids is 1. The Labute approximate surface area is 160 Å². The van der Waals surface area contributed by atoms with Crippen LogP contribution in [0.15, 0.2) is 28.8 Å². The molecule has 1 heterocycles. The lowest BCUT2D eigenvalue weighted by Crippen LogP contribution is -2.38. The van der Waals surface area contributed by atoms with E-state index in [1.807, 2.05) is 0 Å². The van der Waals surface area contributed by atoms with E-state index in [0.29, 0.717) is 19.7 Å². The molecule has 1 aromatic rings. The molecule has 0 aromatic heterocycles. The quantitative estimate of drug-likeness (QED) is 0.189. The topological polar surface area (TPSA) is 123 Å². The van der Waals surface area contributed by atoms with Gasteiger partial charge in [-0.2, -0.15) is 0 Å². The molecule has 1 saturated heterocycles. The number of aliphatic hydroxyl groups is 1. The molecule has 2 N–H and O–H groups in total. The first kappa shape index (κ1) is 20.8. The molecular formula is C17H20ClN3O6. The number of nitro benzene ring substituents is 1. The maximum atomic E-state index is 12.4. The minimum Gasteiger partial charge on any atom is -0.506 e. The van der Waals surface area contributed by atoms with Gasteiger partial charge in [-0.15, -0.1) is 0 Å². The number of hydrogen-bond acceptors (Lipinski definition) is 8. The fourth-order valence-corrected chi connectivity index (χ4v) is 2.68. The second-order valence-corrected chi connectivity index (χ2v) is 6.02. The van der Waals surface area contributed by atoms with Crippen molar-refractivity contribution in [2.24, 2.45) is 4.99 Å². The summed E-state index contributed by atoms with van der Waals surface area (Å²) >= 11 is 6.07. The second kappa shape index (κ2) is 9.45. The van der Waals surface area contributed by atoms with Crippen LogP contribution in [0.1, 0.15) is 19.4 Å². The van der Waals surface area contributed by atoms with Gasteiger partial charge < -0.3 is 19.9 Å². The number of halogens is 1. The number of aliphatic hydroxyl groups excluding tert-OH is 1. The molecule has 1 unspecified atom stereocenters. The van der Waals surface area contributed by atoms with Gasteiger partial charge in [-0.25, -0.2) is 4.79 Å². The summed E-state index contributed by atoms with van der Waals surface area (Å²) in [4.78, 5) is 27.1. The molecule has 1 atom stereocenters. The normalized spacial score (nSPS) is 18.6. The van der Waals surface area contributed by atoms with Crippen LogP contribution in [0, 0.1) is 10.1 Å². The zero-order valence-corrected chi connectivity index (χ0v) is 15.7. The van der Waals surface area contributed by atoms with Crippen molar-refractivity contribution in [2.75, 3.05) is 26.3 Å². The molecule has 1 aliphatic rings. The molecule has 0 spiro atoms. The van der Waals surface area contributed by atoms with Gasteiger partial charge in [-0.05, 0) is 19.9 Å². The van der Waals surface area contributed by atoms with Crippen LogP contribution < -0.4 is 5.32 Å². The molecule has 1 aliphatic heterocycles. The SMILES string of the molecule is CCOC(=O)C(C(C)=NC1CNCCO1)=C(O)c1cc([N+](=O)[O-])ccc1Cl. The molecule has 1 fully saturated rings. The van der Waals surface area contributed by atoms with E-state index in [9.17, 15) is 20.0 Å². The Morgan fingerprint density at radius 1 is 1.56 bits per heavy atom. The number of rotatable bonds is 6. The van der Waals surface area contributed by atoms with Crippen molar-refractivity contribution in [3.63, 3.8) is 0 Å². The maximum absolute atomic E-state index is 12.4. The highest BCUT2D eigenvalue weighted by Crippen LogP contribution is 2.29. The van der Waals surface area contributed by atoms with Crippen LogP contribution >= 0.6 is 11.6 Å². The third-order valence-electron chi connectivity index (χ3n) is 3.74. The third-order valence-corrected chi connectivity index (χ3v) is 4.07. The Morgan fingerprint density at radius 2 is 2.30 bits per heavy atom. The number of aliphatic imine (C=N–C) groups is 1. The van der Waals surface area contributed by atoms with E-state index < -0.39 is 22.9 Å². The van der Waals surface area contributed by atoms with Crippen LogP contribution in [0.2, 0.25) is 5.02 Å². The van der Waals surface area contributed by atoms with Gasteiger partial charge in [-0.3, -0.25) is 15.1 Å². The average Bonchev–Trinajstić information content (AvgIpc) is 2.63. The Balaban J connectivity index is 2.54. The molecule has 9 nitrogen and oxygen atoms in total. The summed E-state index contributed by atoms with van der Waals surface area (Å²) in [7, 11) is 0. The van der Waals surface area contributed by atoms with Crippen molar-refractivity contribution in [3.8, 4) is 0 Å². The van der Waals surface area contributed by atoms with Crippen LogP contribution in [0.4, 0.5) is 5.69 Å². The van der Waals surface area contributed by atoms with Crippen molar-refractivity contribution < 1.29 is 24.3 Å². The van der Waals surface area contributed by atoms with Gasteiger partial charge in [0.25, 0.3) is 5.69 Å². The summed E-state index contributed by atoms with van der Waals surface area (Å²) in [5.41, 5.74) is -0.402. The number of hydrogen-bond donors (Lipinski definition) is 2. The van der Waals surface area contributed by atoms with E-state index in [-0.39, 0.29) is 34.2 Å². The number of nitrogens with zero attached hydrogens (tertiary/aromatic N) is 2. The molecule has 1 aromatic carbocycles. The second-order valence-electron chi connectivity index (χ2n) is 5.61. The highest BCUT2D eigenvalue weighted by atomic mass is 35.5. The van der Waals surface area contributed by atoms with Crippen LogP contribution in [0.3, 0.4) is 0 Å². The number of nitro groups is 1. The molecule has 27 heavy (non-hydrogen) atoms. The van der Waals surface area contributed by atoms with Gasteiger partial charge in [0.15, 0.2) is 6.23 Å². The largest absolute Gasteiger partial charge is 0.506 e. The fourth-order valence-electron chi connectivity index (χ4n) is 2.48. The Kier molecular flexibility index (Phi) is 7.28. The van der Waals surface area contributed by atoms with Gasteiger partial charge in [-0.1, -0.05) is 11.6 Å². The highest BCUT2D eigenvalue weighted by Gasteiger charge is 2.25. The van der Waals surface area contributed by atoms with Gasteiger partial charge in [0.1, 0.15) is 11.3 Å². The van der Waals surface area contributed by atoms with Crippen molar-refractivity contribution in [1.29, 1.82) is 0 Å². The lowest BCUT2D eigenvalue weighted by molar-refractivity contribution is -0.384. The minimum absolute atomic E-state index is 0.0447. The number of nitrogens with one attached hydrogen (secondary N) is 1. The molecule has 0 bridgehead atoms. The van der Waals surface area contributed by atoms with E-state index >= 15 is 0 Å². The molecule has 0 radical (unpaired) electrons. The lowest BCUT2D eigenvalue weighted by atomic mass is 10.0. The van der Waals surface area contributed by atoms with E-state index in [0.717, 1.165) is 6.07 Å². The standard InChI is InChI=1S/C17H20ClN3O6/c1-3-26-17(23)15(10(2)20-14-9-19-6-7-27-14)16(22)12-8-11(21(24)25)4-5-13(12)18/h4-5,8,14,19,22H,3,6-7,9H2,1-2H3. The maximum Gasteiger partial charge on any atom is 0.343 e. The molecule has 0 amide bonds. The van der Waals surface area contributed by atoms with Crippen molar-refractivity contribution in [2.45, 2.75) is 20.1 Å². The van der Waals surface area contributed by atoms with E-state index in [1.165, 1.54) is 19.1 Å². The van der Waals surface area contributed by atoms with Gasteiger partial charge >= 0.3 is 5.97 Å². The van der Waals surface area contributed by atoms with E-state index in [2.05, 4.69) is 10.3 Å². The molecule has 0 saturated carbocycles. The summed E-state index contributed by atoms with van der Waals surface area (Å²) < 4.78 is 10.5. The van der Waals surface area contributed by atoms with Gasteiger partial charge in [0, 0.05) is 30.8 Å². The van der Waals surface area contributed by atoms with E-state index in [4.69, 9.17) is 21.1 Å². The van der Waals surface area contributed by atoms with Crippen LogP contribution in [0.25, 0.3) is 5.76 Å². The summed E-state index contributed by atoms with van der Waals surface area (Å²) in [5, 5.41) is 24.9. The third kappa shape index (κ3) is 5.25. The smallest absolute Gasteiger partial charge is 0.343 e. The molecule has 2 rings (SSSR count). The molecule has 0 aliphatic carbocycles. The molecule has 146 valence electrons. The Hall–Kier alpha value is -2.49. The number of benzene rings is 1. The minimum atomic E-state index is -0.817. The zero-order valence-electron chi connectivity index (χ0n) is 14.9. The molecule has 10 heteroatoms. The first-order chi connectivity index (χ1) is 12.8. The van der Waals surface area contributed by atoms with Crippen molar-refractivity contribution in [1.82, 2.24) is 5.32 Å². The number of morpholine rings is 1. The number of non-ortho nitro benzene ring substituents is 1. The monoisotopic (exact) mass is 397 g/mol. The average molecular weight is 398 g/mol. The summed E-state index contributed by atoms with van der Waals surface area (Å²) in [6.07, 6.45) is -0.531. The summed E-state index contributed by atoms with van der Waals surface area (Å²) in [6.45, 7) is 4.82. The summed E-state index contributed by atoms with van der Waals surface area (Å²) in [6, 6.07) is 3.56. The fraction of sp³-hybridized carbons (Fsp3) is 0.412. The van der Waals surface area contributed by atoms with Crippen LogP contribution in [-0.4, -0.2) is 54.2 Å².